The fourth-order valence-corrected chi connectivity index (χ4v) is 8.89. The third-order valence-electron chi connectivity index (χ3n) is 13.5. The smallest absolute Gasteiger partial charge is 0.308 e. The second-order valence-electron chi connectivity index (χ2n) is 20.7. The molecule has 0 radical (unpaired) electrons. The molecule has 70 heavy (non-hydrogen) atoms. The molecule has 0 aromatic heterocycles. The van der Waals surface area contributed by atoms with E-state index >= 15 is 0 Å². The van der Waals surface area contributed by atoms with Crippen molar-refractivity contribution in [3.05, 3.63) is 0 Å². The van der Waals surface area contributed by atoms with Crippen LogP contribution in [0.5, 0.6) is 0 Å². The molecule has 0 aromatic rings. The lowest BCUT2D eigenvalue weighted by Gasteiger charge is -2.19. The Labute approximate surface area is 430 Å². The molecule has 11 heteroatoms. The molecule has 412 valence electrons. The summed E-state index contributed by atoms with van der Waals surface area (Å²) in [4.78, 5) is 66.7. The van der Waals surface area contributed by atoms with Gasteiger partial charge in [-0.05, 0) is 78.4 Å². The van der Waals surface area contributed by atoms with E-state index in [1.807, 2.05) is 19.0 Å². The number of hydrogen-bond acceptors (Lipinski definition) is 11. The van der Waals surface area contributed by atoms with Crippen molar-refractivity contribution in [2.75, 3.05) is 47.1 Å². The molecule has 0 saturated carbocycles. The maximum absolute atomic E-state index is 13.2. The van der Waals surface area contributed by atoms with Gasteiger partial charge in [0.1, 0.15) is 13.2 Å². The normalized spacial score (nSPS) is 12.7. The van der Waals surface area contributed by atoms with Gasteiger partial charge in [-0.15, -0.1) is 0 Å². The molecular weight excluding hydrogens is 883 g/mol. The van der Waals surface area contributed by atoms with E-state index in [0.717, 1.165) is 83.6 Å². The van der Waals surface area contributed by atoms with Gasteiger partial charge in [0.25, 0.3) is 0 Å². The molecule has 0 spiro atoms. The van der Waals surface area contributed by atoms with Crippen LogP contribution in [0.2, 0.25) is 0 Å². The largest absolute Gasteiger partial charge is 0.465 e. The number of hydrogen-bond donors (Lipinski definition) is 0. The minimum Gasteiger partial charge on any atom is -0.465 e. The van der Waals surface area contributed by atoms with Crippen molar-refractivity contribution < 1.29 is 47.7 Å². The summed E-state index contributed by atoms with van der Waals surface area (Å²) in [6.45, 7) is 9.72. The quantitative estimate of drug-likeness (QED) is 0.0327. The van der Waals surface area contributed by atoms with E-state index in [2.05, 4.69) is 27.7 Å². The van der Waals surface area contributed by atoms with Crippen LogP contribution < -0.4 is 0 Å². The van der Waals surface area contributed by atoms with Gasteiger partial charge in [0.15, 0.2) is 6.10 Å². The monoisotopic (exact) mass is 994 g/mol. The van der Waals surface area contributed by atoms with Crippen LogP contribution in [0.4, 0.5) is 0 Å². The fourth-order valence-electron chi connectivity index (χ4n) is 8.89. The predicted molar refractivity (Wildman–Crippen MR) is 287 cm³/mol. The number of esters is 5. The van der Waals surface area contributed by atoms with Gasteiger partial charge in [0.05, 0.1) is 25.0 Å². The molecule has 0 aliphatic rings. The molecule has 0 fully saturated rings. The molecule has 0 heterocycles. The van der Waals surface area contributed by atoms with E-state index in [-0.39, 0.29) is 69.5 Å². The topological polar surface area (TPSA) is 135 Å². The molecule has 0 aliphatic heterocycles. The predicted octanol–water partition coefficient (Wildman–Crippen LogP) is 15.5. The van der Waals surface area contributed by atoms with E-state index in [0.29, 0.717) is 32.1 Å². The second kappa shape index (κ2) is 51.2. The molecule has 0 rings (SSSR count). The third-order valence-corrected chi connectivity index (χ3v) is 13.5. The SMILES string of the molecule is CCCCCCCCCCC(CCCCCCCC)C(=O)OCCCCC(=O)OC[C@H](COC(=O)CCCN(C)C)OC(=O)CCCCOC(=O)C(CCCCCCCC)CCCCCCCCCC. The van der Waals surface area contributed by atoms with Crippen molar-refractivity contribution in [3.8, 4) is 0 Å². The average molecular weight is 995 g/mol. The number of carbonyl (C=O) groups is 5. The van der Waals surface area contributed by atoms with E-state index in [1.165, 1.54) is 128 Å². The summed E-state index contributed by atoms with van der Waals surface area (Å²) in [7, 11) is 3.87. The summed E-state index contributed by atoms with van der Waals surface area (Å²) < 4.78 is 28.1. The van der Waals surface area contributed by atoms with Crippen molar-refractivity contribution >= 4 is 29.8 Å². The summed E-state index contributed by atoms with van der Waals surface area (Å²) in [6, 6.07) is 0. The van der Waals surface area contributed by atoms with Gasteiger partial charge < -0.3 is 28.6 Å². The number of nitrogens with zero attached hydrogens (tertiary/aromatic N) is 1. The van der Waals surface area contributed by atoms with Crippen molar-refractivity contribution in [1.29, 1.82) is 0 Å². The van der Waals surface area contributed by atoms with Crippen molar-refractivity contribution in [2.45, 2.75) is 291 Å². The molecular formula is C59H111NO10. The summed E-state index contributed by atoms with van der Waals surface area (Å²) >= 11 is 0. The van der Waals surface area contributed by atoms with Gasteiger partial charge in [-0.2, -0.15) is 0 Å². The Morgan fingerprint density at radius 2 is 0.643 bits per heavy atom. The maximum Gasteiger partial charge on any atom is 0.308 e. The molecule has 2 unspecified atom stereocenters. The Morgan fingerprint density at radius 3 is 0.971 bits per heavy atom. The second-order valence-corrected chi connectivity index (χ2v) is 20.7. The van der Waals surface area contributed by atoms with Crippen LogP contribution in [0.3, 0.4) is 0 Å². The van der Waals surface area contributed by atoms with Crippen molar-refractivity contribution in [1.82, 2.24) is 4.90 Å². The first-order chi connectivity index (χ1) is 34.1. The van der Waals surface area contributed by atoms with Gasteiger partial charge in [0, 0.05) is 19.3 Å². The molecule has 0 aliphatic carbocycles. The van der Waals surface area contributed by atoms with Gasteiger partial charge in [-0.1, -0.05) is 207 Å². The molecule has 11 nitrogen and oxygen atoms in total. The number of rotatable bonds is 53. The highest BCUT2D eigenvalue weighted by Gasteiger charge is 2.23. The van der Waals surface area contributed by atoms with Gasteiger partial charge in [-0.25, -0.2) is 0 Å². The lowest BCUT2D eigenvalue weighted by Crippen LogP contribution is -2.31. The fraction of sp³-hybridized carbons (Fsp3) is 0.915. The molecule has 3 atom stereocenters. The van der Waals surface area contributed by atoms with Crippen LogP contribution in [-0.2, 0) is 47.7 Å². The first kappa shape index (κ1) is 67.3. The lowest BCUT2D eigenvalue weighted by atomic mass is 9.94. The summed E-state index contributed by atoms with van der Waals surface area (Å²) in [5.74, 6) is -1.74. The van der Waals surface area contributed by atoms with Crippen LogP contribution in [-0.4, -0.2) is 87.9 Å². The molecule has 0 N–H and O–H groups in total. The lowest BCUT2D eigenvalue weighted by molar-refractivity contribution is -0.167. The van der Waals surface area contributed by atoms with E-state index in [9.17, 15) is 24.0 Å². The molecule has 0 aromatic carbocycles. The summed E-state index contributed by atoms with van der Waals surface area (Å²) in [5.41, 5.74) is 0. The molecule has 0 amide bonds. The van der Waals surface area contributed by atoms with Crippen LogP contribution in [0.15, 0.2) is 0 Å². The Hall–Kier alpha value is -2.69. The highest BCUT2D eigenvalue weighted by molar-refractivity contribution is 5.73. The van der Waals surface area contributed by atoms with E-state index in [1.54, 1.807) is 0 Å². The first-order valence-electron chi connectivity index (χ1n) is 29.6. The zero-order valence-corrected chi connectivity index (χ0v) is 46.6. The number of carbonyl (C=O) groups excluding carboxylic acids is 5. The zero-order chi connectivity index (χ0) is 51.6. The van der Waals surface area contributed by atoms with Gasteiger partial charge >= 0.3 is 29.8 Å². The summed E-state index contributed by atoms with van der Waals surface area (Å²) in [6.07, 6.45) is 39.7. The Kier molecular flexibility index (Phi) is 49.3. The van der Waals surface area contributed by atoms with Crippen LogP contribution in [0.1, 0.15) is 285 Å². The minimum atomic E-state index is -0.947. The maximum atomic E-state index is 13.2. The van der Waals surface area contributed by atoms with Crippen LogP contribution >= 0.6 is 0 Å². The van der Waals surface area contributed by atoms with Crippen LogP contribution in [0, 0.1) is 11.8 Å². The third kappa shape index (κ3) is 45.2. The Balaban J connectivity index is 4.98. The standard InChI is InChI=1S/C59H111NO10/c1-7-11-15-19-23-25-29-33-42-52(40-31-27-21-17-13-9-3)58(64)66-48-37-35-44-55(61)68-50-54(51-69-56(62)46-39-47-60(5)6)70-57(63)45-36-38-49-67-59(65)53(41-32-28-22-18-14-10-4)43-34-30-26-24-20-16-12-8-2/h52-54H,7-51H2,1-6H3/t52?,53?,54-/m1/s1. The van der Waals surface area contributed by atoms with Crippen LogP contribution in [0.25, 0.3) is 0 Å². The van der Waals surface area contributed by atoms with Crippen molar-refractivity contribution in [3.63, 3.8) is 0 Å². The Morgan fingerprint density at radius 1 is 0.343 bits per heavy atom. The van der Waals surface area contributed by atoms with Gasteiger partial charge in [0.2, 0.25) is 0 Å². The highest BCUT2D eigenvalue weighted by atomic mass is 16.6. The van der Waals surface area contributed by atoms with E-state index < -0.39 is 24.0 Å². The average Bonchev–Trinajstić information content (AvgIpc) is 3.34. The highest BCUT2D eigenvalue weighted by Crippen LogP contribution is 2.23. The number of unbranched alkanes of at least 4 members (excludes halogenated alkanes) is 26. The summed E-state index contributed by atoms with van der Waals surface area (Å²) in [5, 5.41) is 0. The first-order valence-corrected chi connectivity index (χ1v) is 29.6. The zero-order valence-electron chi connectivity index (χ0n) is 46.6. The Bertz CT molecular complexity index is 1230. The molecule has 0 saturated heterocycles. The van der Waals surface area contributed by atoms with Gasteiger partial charge in [-0.3, -0.25) is 24.0 Å². The molecule has 0 bridgehead atoms. The van der Waals surface area contributed by atoms with Crippen molar-refractivity contribution in [2.24, 2.45) is 11.8 Å². The minimum absolute atomic E-state index is 0.0676. The van der Waals surface area contributed by atoms with E-state index in [4.69, 9.17) is 23.7 Å². The number of ether oxygens (including phenoxy) is 5.